The van der Waals surface area contributed by atoms with Crippen molar-refractivity contribution in [2.45, 2.75) is 19.4 Å². The molecule has 0 bridgehead atoms. The molecular weight excluding hydrogens is 192 g/mol. The van der Waals surface area contributed by atoms with Gasteiger partial charge in [0.25, 0.3) is 0 Å². The predicted octanol–water partition coefficient (Wildman–Crippen LogP) is 2.33. The van der Waals surface area contributed by atoms with Crippen LogP contribution in [0.25, 0.3) is 0 Å². The Bertz CT molecular complexity index is 295. The molecule has 3 heteroatoms. The molecule has 1 rings (SSSR count). The van der Waals surface area contributed by atoms with Gasteiger partial charge in [-0.1, -0.05) is 37.3 Å². The van der Waals surface area contributed by atoms with E-state index in [9.17, 15) is 4.79 Å². The zero-order chi connectivity index (χ0) is 11.1. The number of benzene rings is 1. The molecule has 0 aromatic heterocycles. The quantitative estimate of drug-likeness (QED) is 0.697. The van der Waals surface area contributed by atoms with Crippen LogP contribution in [0.2, 0.25) is 0 Å². The summed E-state index contributed by atoms with van der Waals surface area (Å²) in [5.41, 5.74) is 1.02. The predicted molar refractivity (Wildman–Crippen MR) is 57.4 cm³/mol. The summed E-state index contributed by atoms with van der Waals surface area (Å²) in [5.74, 6) is -0.326. The molecule has 0 aliphatic rings. The zero-order valence-corrected chi connectivity index (χ0v) is 9.10. The molecule has 1 atom stereocenters. The lowest BCUT2D eigenvalue weighted by molar-refractivity contribution is -0.154. The second-order valence-electron chi connectivity index (χ2n) is 3.23. The standard InChI is InChI=1S/C12H16O3/c1-3-11(15-12(13)9-14-2)10-7-5-4-6-8-10/h4-8,11H,3,9H2,1-2H3/t11-/m1/s1. The van der Waals surface area contributed by atoms with Crippen molar-refractivity contribution in [2.75, 3.05) is 13.7 Å². The van der Waals surface area contributed by atoms with Crippen molar-refractivity contribution in [1.29, 1.82) is 0 Å². The summed E-state index contributed by atoms with van der Waals surface area (Å²) in [6.07, 6.45) is 0.591. The van der Waals surface area contributed by atoms with Crippen LogP contribution < -0.4 is 0 Å². The van der Waals surface area contributed by atoms with Crippen molar-refractivity contribution in [3.05, 3.63) is 35.9 Å². The van der Waals surface area contributed by atoms with Crippen LogP contribution >= 0.6 is 0 Å². The third-order valence-corrected chi connectivity index (χ3v) is 2.08. The van der Waals surface area contributed by atoms with E-state index < -0.39 is 0 Å². The molecule has 82 valence electrons. The Labute approximate surface area is 90.0 Å². The maximum atomic E-state index is 11.2. The van der Waals surface area contributed by atoms with Crippen LogP contribution in [0.3, 0.4) is 0 Å². The van der Waals surface area contributed by atoms with E-state index in [0.717, 1.165) is 12.0 Å². The maximum Gasteiger partial charge on any atom is 0.332 e. The van der Waals surface area contributed by atoms with Gasteiger partial charge in [-0.25, -0.2) is 4.79 Å². The van der Waals surface area contributed by atoms with Crippen LogP contribution in [-0.4, -0.2) is 19.7 Å². The first-order valence-electron chi connectivity index (χ1n) is 5.01. The normalized spacial score (nSPS) is 12.1. The van der Waals surface area contributed by atoms with E-state index in [-0.39, 0.29) is 18.7 Å². The Kier molecular flexibility index (Phi) is 4.84. The summed E-state index contributed by atoms with van der Waals surface area (Å²) in [6, 6.07) is 9.71. The van der Waals surface area contributed by atoms with Gasteiger partial charge in [0.2, 0.25) is 0 Å². The average molecular weight is 208 g/mol. The number of rotatable bonds is 5. The molecule has 0 aliphatic heterocycles. The summed E-state index contributed by atoms with van der Waals surface area (Å²) in [6.45, 7) is 1.99. The van der Waals surface area contributed by atoms with Crippen molar-refractivity contribution in [3.63, 3.8) is 0 Å². The Morgan fingerprint density at radius 2 is 2.00 bits per heavy atom. The summed E-state index contributed by atoms with van der Waals surface area (Å²) >= 11 is 0. The lowest BCUT2D eigenvalue weighted by atomic mass is 10.1. The molecule has 0 saturated carbocycles. The van der Waals surface area contributed by atoms with Crippen LogP contribution in [0.15, 0.2) is 30.3 Å². The molecule has 1 aromatic carbocycles. The molecule has 0 aliphatic carbocycles. The third kappa shape index (κ3) is 3.72. The van der Waals surface area contributed by atoms with Crippen molar-refractivity contribution in [2.24, 2.45) is 0 Å². The van der Waals surface area contributed by atoms with Gasteiger partial charge < -0.3 is 9.47 Å². The van der Waals surface area contributed by atoms with Gasteiger partial charge in [-0.2, -0.15) is 0 Å². The Morgan fingerprint density at radius 3 is 2.53 bits per heavy atom. The van der Waals surface area contributed by atoms with Gasteiger partial charge in [-0.05, 0) is 12.0 Å². The van der Waals surface area contributed by atoms with Crippen LogP contribution in [0.1, 0.15) is 25.0 Å². The molecule has 0 N–H and O–H groups in total. The number of hydrogen-bond acceptors (Lipinski definition) is 3. The fourth-order valence-electron chi connectivity index (χ4n) is 1.37. The van der Waals surface area contributed by atoms with Gasteiger partial charge >= 0.3 is 5.97 Å². The van der Waals surface area contributed by atoms with Gasteiger partial charge in [0, 0.05) is 7.11 Å². The Morgan fingerprint density at radius 1 is 1.33 bits per heavy atom. The minimum Gasteiger partial charge on any atom is -0.456 e. The van der Waals surface area contributed by atoms with E-state index in [4.69, 9.17) is 9.47 Å². The van der Waals surface area contributed by atoms with E-state index in [2.05, 4.69) is 0 Å². The van der Waals surface area contributed by atoms with Gasteiger partial charge in [0.05, 0.1) is 0 Å². The van der Waals surface area contributed by atoms with Crippen LogP contribution in [0.5, 0.6) is 0 Å². The van der Waals surface area contributed by atoms with E-state index in [1.807, 2.05) is 37.3 Å². The first kappa shape index (κ1) is 11.7. The molecule has 3 nitrogen and oxygen atoms in total. The van der Waals surface area contributed by atoms with Gasteiger partial charge in [0.15, 0.2) is 0 Å². The third-order valence-electron chi connectivity index (χ3n) is 2.08. The first-order chi connectivity index (χ1) is 7.27. The van der Waals surface area contributed by atoms with E-state index >= 15 is 0 Å². The second-order valence-corrected chi connectivity index (χ2v) is 3.23. The van der Waals surface area contributed by atoms with Crippen LogP contribution in [-0.2, 0) is 14.3 Å². The molecule has 0 radical (unpaired) electrons. The summed E-state index contributed by atoms with van der Waals surface area (Å²) in [7, 11) is 1.48. The lowest BCUT2D eigenvalue weighted by Crippen LogP contribution is -2.15. The number of methoxy groups -OCH3 is 1. The van der Waals surface area contributed by atoms with Crippen molar-refractivity contribution < 1.29 is 14.3 Å². The van der Waals surface area contributed by atoms with Gasteiger partial charge in [-0.15, -0.1) is 0 Å². The van der Waals surface area contributed by atoms with Crippen LogP contribution in [0, 0.1) is 0 Å². The SMILES string of the molecule is CC[C@@H](OC(=O)COC)c1ccccc1. The number of carbonyl (C=O) groups is 1. The van der Waals surface area contributed by atoms with E-state index in [0.29, 0.717) is 0 Å². The second kappa shape index (κ2) is 6.19. The highest BCUT2D eigenvalue weighted by Gasteiger charge is 2.13. The van der Waals surface area contributed by atoms with Crippen LogP contribution in [0.4, 0.5) is 0 Å². The number of hydrogen-bond donors (Lipinski definition) is 0. The largest absolute Gasteiger partial charge is 0.456 e. The van der Waals surface area contributed by atoms with Crippen molar-refractivity contribution in [1.82, 2.24) is 0 Å². The maximum absolute atomic E-state index is 11.2. The molecule has 0 spiro atoms. The van der Waals surface area contributed by atoms with E-state index in [1.54, 1.807) is 0 Å². The first-order valence-corrected chi connectivity index (χ1v) is 5.01. The molecule has 0 saturated heterocycles. The summed E-state index contributed by atoms with van der Waals surface area (Å²) in [5, 5.41) is 0. The topological polar surface area (TPSA) is 35.5 Å². The van der Waals surface area contributed by atoms with Gasteiger partial charge in [-0.3, -0.25) is 0 Å². The van der Waals surface area contributed by atoms with E-state index in [1.165, 1.54) is 7.11 Å². The molecule has 0 amide bonds. The summed E-state index contributed by atoms with van der Waals surface area (Å²) in [4.78, 5) is 11.2. The molecule has 0 unspecified atom stereocenters. The fourth-order valence-corrected chi connectivity index (χ4v) is 1.37. The highest BCUT2D eigenvalue weighted by atomic mass is 16.6. The highest BCUT2D eigenvalue weighted by molar-refractivity contribution is 5.71. The molecule has 0 fully saturated rings. The molecular formula is C12H16O3. The van der Waals surface area contributed by atoms with Gasteiger partial charge in [0.1, 0.15) is 12.7 Å². The summed E-state index contributed by atoms with van der Waals surface area (Å²) < 4.78 is 9.97. The minimum atomic E-state index is -0.326. The number of carbonyl (C=O) groups excluding carboxylic acids is 1. The monoisotopic (exact) mass is 208 g/mol. The minimum absolute atomic E-state index is 0.00331. The number of esters is 1. The van der Waals surface area contributed by atoms with Crippen molar-refractivity contribution in [3.8, 4) is 0 Å². The molecule has 0 heterocycles. The zero-order valence-electron chi connectivity index (χ0n) is 9.10. The fraction of sp³-hybridized carbons (Fsp3) is 0.417. The highest BCUT2D eigenvalue weighted by Crippen LogP contribution is 2.20. The number of ether oxygens (including phenoxy) is 2. The lowest BCUT2D eigenvalue weighted by Gasteiger charge is -2.16. The Balaban J connectivity index is 2.61. The van der Waals surface area contributed by atoms with Crippen molar-refractivity contribution >= 4 is 5.97 Å². The Hall–Kier alpha value is -1.35. The molecule has 15 heavy (non-hydrogen) atoms. The smallest absolute Gasteiger partial charge is 0.332 e. The average Bonchev–Trinajstić information content (AvgIpc) is 2.27. The molecule has 1 aromatic rings.